The molecule has 1 aliphatic rings. The summed E-state index contributed by atoms with van der Waals surface area (Å²) in [5, 5.41) is 4.73. The van der Waals surface area contributed by atoms with E-state index < -0.39 is 9.84 Å². The van der Waals surface area contributed by atoms with Crippen molar-refractivity contribution in [1.82, 2.24) is 19.6 Å². The lowest BCUT2D eigenvalue weighted by atomic mass is 10.1. The molecular weight excluding hydrogens is 412 g/mol. The first-order chi connectivity index (χ1) is 14.9. The van der Waals surface area contributed by atoms with Crippen LogP contribution in [0.2, 0.25) is 0 Å². The first-order valence-corrected chi connectivity index (χ1v) is 12.4. The molecule has 162 valence electrons. The third-order valence-corrected chi connectivity index (χ3v) is 6.37. The van der Waals surface area contributed by atoms with E-state index in [-0.39, 0.29) is 11.7 Å². The third kappa shape index (κ3) is 5.21. The molecule has 0 spiro atoms. The quantitative estimate of drug-likeness (QED) is 0.591. The fraction of sp³-hybridized carbons (Fsp3) is 0.304. The van der Waals surface area contributed by atoms with Gasteiger partial charge in [0.15, 0.2) is 0 Å². The average molecular weight is 439 g/mol. The second-order valence-corrected chi connectivity index (χ2v) is 10.1. The van der Waals surface area contributed by atoms with E-state index in [4.69, 9.17) is 5.10 Å². The minimum absolute atomic E-state index is 0.0520. The second kappa shape index (κ2) is 9.03. The topological polar surface area (TPSA) is 75.5 Å². The van der Waals surface area contributed by atoms with E-state index in [1.165, 1.54) is 6.26 Å². The van der Waals surface area contributed by atoms with Crippen molar-refractivity contribution in [1.29, 1.82) is 0 Å². The molecule has 0 saturated carbocycles. The third-order valence-electron chi connectivity index (χ3n) is 5.45. The number of aromatic nitrogens is 2. The van der Waals surface area contributed by atoms with Crippen LogP contribution in [0.5, 0.6) is 0 Å². The maximum Gasteiger partial charge on any atom is 0.257 e. The van der Waals surface area contributed by atoms with Crippen molar-refractivity contribution >= 4 is 15.7 Å². The lowest BCUT2D eigenvalue weighted by Crippen LogP contribution is -2.49. The van der Waals surface area contributed by atoms with E-state index in [1.54, 1.807) is 10.9 Å². The number of piperazine rings is 1. The molecule has 0 radical (unpaired) electrons. The van der Waals surface area contributed by atoms with Crippen LogP contribution in [0.25, 0.3) is 16.9 Å². The van der Waals surface area contributed by atoms with Gasteiger partial charge in [-0.3, -0.25) is 9.69 Å². The maximum atomic E-state index is 13.4. The van der Waals surface area contributed by atoms with Crippen LogP contribution in [-0.2, 0) is 9.84 Å². The number of hydrogen-bond donors (Lipinski definition) is 0. The molecule has 7 nitrogen and oxygen atoms in total. The van der Waals surface area contributed by atoms with Gasteiger partial charge in [0, 0.05) is 50.7 Å². The number of nitrogens with zero attached hydrogens (tertiary/aromatic N) is 4. The van der Waals surface area contributed by atoms with Crippen LogP contribution < -0.4 is 0 Å². The van der Waals surface area contributed by atoms with Crippen LogP contribution in [0.1, 0.15) is 10.4 Å². The molecule has 1 aromatic heterocycles. The molecule has 1 fully saturated rings. The zero-order chi connectivity index (χ0) is 21.8. The summed E-state index contributed by atoms with van der Waals surface area (Å²) >= 11 is 0. The molecule has 0 N–H and O–H groups in total. The van der Waals surface area contributed by atoms with Gasteiger partial charge < -0.3 is 4.90 Å². The molecule has 8 heteroatoms. The molecule has 0 bridgehead atoms. The Labute approximate surface area is 182 Å². The SMILES string of the molecule is CS(=O)(=O)CCN1CCN(C(=O)c2cn(-c3ccccc3)nc2-c2ccccc2)CC1. The monoisotopic (exact) mass is 438 g/mol. The fourth-order valence-electron chi connectivity index (χ4n) is 3.69. The van der Waals surface area contributed by atoms with E-state index in [1.807, 2.05) is 65.6 Å². The van der Waals surface area contributed by atoms with Crippen molar-refractivity contribution in [3.63, 3.8) is 0 Å². The summed E-state index contributed by atoms with van der Waals surface area (Å²) in [5.41, 5.74) is 3.02. The van der Waals surface area contributed by atoms with Gasteiger partial charge in [0.05, 0.1) is 17.0 Å². The van der Waals surface area contributed by atoms with E-state index >= 15 is 0 Å². The number of amides is 1. The number of para-hydroxylation sites is 1. The molecule has 1 aliphatic heterocycles. The highest BCUT2D eigenvalue weighted by Crippen LogP contribution is 2.25. The summed E-state index contributed by atoms with van der Waals surface area (Å²) in [6.07, 6.45) is 3.05. The van der Waals surface area contributed by atoms with Crippen molar-refractivity contribution in [2.24, 2.45) is 0 Å². The van der Waals surface area contributed by atoms with Crippen molar-refractivity contribution in [2.75, 3.05) is 44.7 Å². The summed E-state index contributed by atoms with van der Waals surface area (Å²) in [4.78, 5) is 17.3. The van der Waals surface area contributed by atoms with Crippen molar-refractivity contribution in [3.8, 4) is 16.9 Å². The van der Waals surface area contributed by atoms with E-state index in [0.29, 0.717) is 44.0 Å². The highest BCUT2D eigenvalue weighted by Gasteiger charge is 2.26. The Morgan fingerprint density at radius 2 is 1.55 bits per heavy atom. The summed E-state index contributed by atoms with van der Waals surface area (Å²) in [5.74, 6) is 0.0898. The molecule has 31 heavy (non-hydrogen) atoms. The Bertz CT molecular complexity index is 1140. The Hall–Kier alpha value is -2.97. The van der Waals surface area contributed by atoms with Gasteiger partial charge in [-0.05, 0) is 12.1 Å². The Kier molecular flexibility index (Phi) is 6.20. The zero-order valence-corrected chi connectivity index (χ0v) is 18.3. The minimum Gasteiger partial charge on any atom is -0.336 e. The molecule has 1 amide bonds. The largest absolute Gasteiger partial charge is 0.336 e. The first kappa shape index (κ1) is 21.3. The first-order valence-electron chi connectivity index (χ1n) is 10.3. The fourth-order valence-corrected chi connectivity index (χ4v) is 4.28. The highest BCUT2D eigenvalue weighted by atomic mass is 32.2. The predicted octanol–water partition coefficient (Wildman–Crippen LogP) is 2.34. The summed E-state index contributed by atoms with van der Waals surface area (Å²) in [6, 6.07) is 19.5. The Morgan fingerprint density at radius 3 is 2.16 bits per heavy atom. The van der Waals surface area contributed by atoms with Crippen LogP contribution in [0.4, 0.5) is 0 Å². The van der Waals surface area contributed by atoms with Crippen LogP contribution >= 0.6 is 0 Å². The molecule has 1 saturated heterocycles. The number of rotatable bonds is 6. The normalized spacial score (nSPS) is 15.2. The predicted molar refractivity (Wildman–Crippen MR) is 121 cm³/mol. The van der Waals surface area contributed by atoms with Crippen LogP contribution in [0, 0.1) is 0 Å². The highest BCUT2D eigenvalue weighted by molar-refractivity contribution is 7.90. The van der Waals surface area contributed by atoms with Crippen LogP contribution in [0.3, 0.4) is 0 Å². The van der Waals surface area contributed by atoms with Crippen molar-refractivity contribution in [3.05, 3.63) is 72.4 Å². The van der Waals surface area contributed by atoms with Gasteiger partial charge in [0.1, 0.15) is 15.5 Å². The van der Waals surface area contributed by atoms with Gasteiger partial charge >= 0.3 is 0 Å². The van der Waals surface area contributed by atoms with Gasteiger partial charge in [0.2, 0.25) is 0 Å². The van der Waals surface area contributed by atoms with Gasteiger partial charge in [-0.15, -0.1) is 0 Å². The lowest BCUT2D eigenvalue weighted by Gasteiger charge is -2.34. The number of benzene rings is 2. The summed E-state index contributed by atoms with van der Waals surface area (Å²) in [7, 11) is -2.99. The lowest BCUT2D eigenvalue weighted by molar-refractivity contribution is 0.0645. The summed E-state index contributed by atoms with van der Waals surface area (Å²) in [6.45, 7) is 2.95. The molecule has 0 aliphatic carbocycles. The molecule has 2 aromatic carbocycles. The van der Waals surface area contributed by atoms with E-state index in [2.05, 4.69) is 4.90 Å². The second-order valence-electron chi connectivity index (χ2n) is 7.80. The minimum atomic E-state index is -2.99. The van der Waals surface area contributed by atoms with Crippen LogP contribution in [-0.4, -0.2) is 78.6 Å². The number of carbonyl (C=O) groups excluding carboxylic acids is 1. The standard InChI is InChI=1S/C23H26N4O3S/c1-31(29,30)17-16-25-12-14-26(15-13-25)23(28)21-18-27(20-10-6-3-7-11-20)24-22(21)19-8-4-2-5-9-19/h2-11,18H,12-17H2,1H3. The van der Waals surface area contributed by atoms with Crippen molar-refractivity contribution in [2.45, 2.75) is 0 Å². The zero-order valence-electron chi connectivity index (χ0n) is 17.5. The van der Waals surface area contributed by atoms with Crippen molar-refractivity contribution < 1.29 is 13.2 Å². The number of carbonyl (C=O) groups is 1. The Morgan fingerprint density at radius 1 is 0.935 bits per heavy atom. The molecular formula is C23H26N4O3S. The molecule has 0 unspecified atom stereocenters. The van der Waals surface area contributed by atoms with Gasteiger partial charge in [-0.1, -0.05) is 48.5 Å². The molecule has 4 rings (SSSR count). The summed E-state index contributed by atoms with van der Waals surface area (Å²) < 4.78 is 24.6. The molecule has 2 heterocycles. The maximum absolute atomic E-state index is 13.4. The smallest absolute Gasteiger partial charge is 0.257 e. The molecule has 0 atom stereocenters. The molecule has 3 aromatic rings. The number of hydrogen-bond acceptors (Lipinski definition) is 5. The Balaban J connectivity index is 1.56. The van der Waals surface area contributed by atoms with E-state index in [9.17, 15) is 13.2 Å². The number of sulfone groups is 1. The average Bonchev–Trinajstić information content (AvgIpc) is 3.24. The van der Waals surface area contributed by atoms with Gasteiger partial charge in [-0.2, -0.15) is 5.10 Å². The van der Waals surface area contributed by atoms with Crippen LogP contribution in [0.15, 0.2) is 66.9 Å². The van der Waals surface area contributed by atoms with E-state index in [0.717, 1.165) is 11.3 Å². The van der Waals surface area contributed by atoms with Gasteiger partial charge in [0.25, 0.3) is 5.91 Å². The van der Waals surface area contributed by atoms with Gasteiger partial charge in [-0.25, -0.2) is 13.1 Å².